The summed E-state index contributed by atoms with van der Waals surface area (Å²) in [5, 5.41) is 17.9. The summed E-state index contributed by atoms with van der Waals surface area (Å²) in [6.07, 6.45) is 3.14. The second-order valence-corrected chi connectivity index (χ2v) is 5.34. The first-order valence-electron chi connectivity index (χ1n) is 6.00. The molecule has 0 aliphatic carbocycles. The summed E-state index contributed by atoms with van der Waals surface area (Å²) in [6.45, 7) is 0.952. The molecule has 2 aromatic heterocycles. The van der Waals surface area contributed by atoms with E-state index in [2.05, 4.69) is 15.2 Å². The zero-order valence-electron chi connectivity index (χ0n) is 11.2. The van der Waals surface area contributed by atoms with Gasteiger partial charge in [-0.3, -0.25) is 14.3 Å². The number of aromatic nitrogens is 4. The number of hydrogen-bond acceptors (Lipinski definition) is 6. The van der Waals surface area contributed by atoms with E-state index in [0.717, 1.165) is 11.8 Å². The van der Waals surface area contributed by atoms with Crippen molar-refractivity contribution in [1.82, 2.24) is 19.7 Å². The monoisotopic (exact) mass is 328 g/mol. The average molecular weight is 329 g/mol. The van der Waals surface area contributed by atoms with Gasteiger partial charge in [0.1, 0.15) is 0 Å². The van der Waals surface area contributed by atoms with Crippen molar-refractivity contribution in [3.63, 3.8) is 0 Å². The highest BCUT2D eigenvalue weighted by molar-refractivity contribution is 7.99. The highest BCUT2D eigenvalue weighted by Gasteiger charge is 2.17. The van der Waals surface area contributed by atoms with Gasteiger partial charge in [-0.15, -0.1) is 10.2 Å². The van der Waals surface area contributed by atoms with Gasteiger partial charge < -0.3 is 9.84 Å². The van der Waals surface area contributed by atoms with Crippen LogP contribution in [0.2, 0.25) is 5.02 Å². The number of hydrogen-bond donors (Lipinski definition) is 1. The Kier molecular flexibility index (Phi) is 5.54. The summed E-state index contributed by atoms with van der Waals surface area (Å²) < 4.78 is 6.86. The van der Waals surface area contributed by atoms with E-state index in [1.807, 2.05) is 0 Å². The van der Waals surface area contributed by atoms with Crippen molar-refractivity contribution < 1.29 is 14.6 Å². The van der Waals surface area contributed by atoms with E-state index in [-0.39, 0.29) is 5.75 Å². The Balaban J connectivity index is 2.36. The van der Waals surface area contributed by atoms with Gasteiger partial charge in [-0.25, -0.2) is 0 Å². The van der Waals surface area contributed by atoms with Gasteiger partial charge in [0.2, 0.25) is 0 Å². The molecule has 0 saturated heterocycles. The molecule has 9 heteroatoms. The van der Waals surface area contributed by atoms with Crippen LogP contribution in [0.4, 0.5) is 0 Å². The normalized spacial score (nSPS) is 10.8. The van der Waals surface area contributed by atoms with Crippen molar-refractivity contribution in [3.8, 4) is 11.4 Å². The first-order chi connectivity index (χ1) is 10.1. The Morgan fingerprint density at radius 3 is 3.00 bits per heavy atom. The number of nitrogens with zero attached hydrogens (tertiary/aromatic N) is 4. The molecule has 0 aliphatic rings. The number of carboxylic acids is 1. The quantitative estimate of drug-likeness (QED) is 0.775. The minimum absolute atomic E-state index is 0.0881. The third kappa shape index (κ3) is 3.93. The van der Waals surface area contributed by atoms with E-state index >= 15 is 0 Å². The van der Waals surface area contributed by atoms with Gasteiger partial charge in [0.15, 0.2) is 11.0 Å². The minimum atomic E-state index is -0.912. The Morgan fingerprint density at radius 2 is 2.33 bits per heavy atom. The van der Waals surface area contributed by atoms with Crippen LogP contribution in [-0.2, 0) is 16.1 Å². The van der Waals surface area contributed by atoms with E-state index in [1.165, 1.54) is 6.20 Å². The number of methoxy groups -OCH3 is 1. The van der Waals surface area contributed by atoms with Crippen LogP contribution in [0.3, 0.4) is 0 Å². The lowest BCUT2D eigenvalue weighted by Gasteiger charge is -2.09. The molecule has 2 heterocycles. The smallest absolute Gasteiger partial charge is 0.313 e. The summed E-state index contributed by atoms with van der Waals surface area (Å²) >= 11 is 7.23. The molecule has 0 aliphatic heterocycles. The highest BCUT2D eigenvalue weighted by Crippen LogP contribution is 2.28. The number of aliphatic carboxylic acids is 1. The van der Waals surface area contributed by atoms with Crippen LogP contribution in [0, 0.1) is 0 Å². The van der Waals surface area contributed by atoms with Gasteiger partial charge in [-0.2, -0.15) is 0 Å². The van der Waals surface area contributed by atoms with Gasteiger partial charge in [-0.05, 0) is 6.07 Å². The number of rotatable bonds is 7. The number of pyridine rings is 1. The van der Waals surface area contributed by atoms with Crippen LogP contribution in [0.5, 0.6) is 0 Å². The zero-order valence-corrected chi connectivity index (χ0v) is 12.8. The fourth-order valence-electron chi connectivity index (χ4n) is 1.66. The van der Waals surface area contributed by atoms with Crippen molar-refractivity contribution in [1.29, 1.82) is 0 Å². The fraction of sp³-hybridized carbons (Fsp3) is 0.333. The van der Waals surface area contributed by atoms with E-state index in [4.69, 9.17) is 21.4 Å². The maximum atomic E-state index is 10.7. The molecule has 0 atom stereocenters. The maximum Gasteiger partial charge on any atom is 0.313 e. The predicted octanol–water partition coefficient (Wildman–Crippen LogP) is 1.82. The summed E-state index contributed by atoms with van der Waals surface area (Å²) in [5.74, 6) is -0.438. The van der Waals surface area contributed by atoms with Crippen molar-refractivity contribution in [2.45, 2.75) is 11.7 Å². The molecule has 0 saturated carbocycles. The van der Waals surface area contributed by atoms with E-state index in [1.54, 1.807) is 23.9 Å². The van der Waals surface area contributed by atoms with Crippen LogP contribution >= 0.6 is 23.4 Å². The van der Waals surface area contributed by atoms with Gasteiger partial charge in [0, 0.05) is 25.1 Å². The molecule has 0 aromatic carbocycles. The van der Waals surface area contributed by atoms with Gasteiger partial charge in [0.05, 0.1) is 23.9 Å². The first-order valence-corrected chi connectivity index (χ1v) is 7.36. The molecule has 0 unspecified atom stereocenters. The highest BCUT2D eigenvalue weighted by atomic mass is 35.5. The Labute approximate surface area is 130 Å². The van der Waals surface area contributed by atoms with Gasteiger partial charge in [0.25, 0.3) is 0 Å². The number of ether oxygens (including phenoxy) is 1. The lowest BCUT2D eigenvalue weighted by Crippen LogP contribution is -2.09. The summed E-state index contributed by atoms with van der Waals surface area (Å²) in [4.78, 5) is 14.6. The SMILES string of the molecule is COCCn1c(SCC(=O)O)nnc1-c1ccncc1Cl. The summed E-state index contributed by atoms with van der Waals surface area (Å²) in [6, 6.07) is 1.74. The number of thioether (sulfide) groups is 1. The average Bonchev–Trinajstić information content (AvgIpc) is 2.86. The number of halogens is 1. The Hall–Kier alpha value is -1.64. The number of carbonyl (C=O) groups is 1. The first kappa shape index (κ1) is 15.7. The standard InChI is InChI=1S/C12H13ClN4O3S/c1-20-5-4-17-11(8-2-3-14-6-9(8)13)15-16-12(17)21-7-10(18)19/h2-3,6H,4-5,7H2,1H3,(H,18,19). The maximum absolute atomic E-state index is 10.7. The van der Waals surface area contributed by atoms with Crippen molar-refractivity contribution in [2.24, 2.45) is 0 Å². The largest absolute Gasteiger partial charge is 0.481 e. The van der Waals surface area contributed by atoms with Crippen LogP contribution in [0.25, 0.3) is 11.4 Å². The molecule has 2 rings (SSSR count). The fourth-order valence-corrected chi connectivity index (χ4v) is 2.55. The topological polar surface area (TPSA) is 90.1 Å². The number of carboxylic acid groups (broad SMARTS) is 1. The third-order valence-corrected chi connectivity index (χ3v) is 3.83. The molecule has 7 nitrogen and oxygen atoms in total. The molecular formula is C12H13ClN4O3S. The van der Waals surface area contributed by atoms with E-state index in [9.17, 15) is 4.79 Å². The second-order valence-electron chi connectivity index (χ2n) is 3.99. The van der Waals surface area contributed by atoms with Gasteiger partial charge in [-0.1, -0.05) is 23.4 Å². The summed E-state index contributed by atoms with van der Waals surface area (Å²) in [5.41, 5.74) is 0.692. The molecule has 0 spiro atoms. The van der Waals surface area contributed by atoms with Gasteiger partial charge >= 0.3 is 5.97 Å². The molecule has 0 bridgehead atoms. The van der Waals surface area contributed by atoms with Crippen LogP contribution in [0.15, 0.2) is 23.6 Å². The lowest BCUT2D eigenvalue weighted by atomic mass is 10.2. The molecule has 0 fully saturated rings. The third-order valence-electron chi connectivity index (χ3n) is 2.57. The minimum Gasteiger partial charge on any atom is -0.481 e. The summed E-state index contributed by atoms with van der Waals surface area (Å²) in [7, 11) is 1.59. The van der Waals surface area contributed by atoms with Crippen LogP contribution in [0.1, 0.15) is 0 Å². The molecule has 1 N–H and O–H groups in total. The van der Waals surface area contributed by atoms with Crippen molar-refractivity contribution >= 4 is 29.3 Å². The lowest BCUT2D eigenvalue weighted by molar-refractivity contribution is -0.133. The molecule has 112 valence electrons. The zero-order chi connectivity index (χ0) is 15.2. The molecule has 0 amide bonds. The molecular weight excluding hydrogens is 316 g/mol. The van der Waals surface area contributed by atoms with Crippen LogP contribution in [-0.4, -0.2) is 50.3 Å². The van der Waals surface area contributed by atoms with Crippen molar-refractivity contribution in [3.05, 3.63) is 23.5 Å². The van der Waals surface area contributed by atoms with Crippen LogP contribution < -0.4 is 0 Å². The van der Waals surface area contributed by atoms with E-state index in [0.29, 0.717) is 34.7 Å². The molecule has 2 aromatic rings. The molecule has 21 heavy (non-hydrogen) atoms. The Bertz CT molecular complexity index is 635. The Morgan fingerprint density at radius 1 is 1.52 bits per heavy atom. The van der Waals surface area contributed by atoms with Crippen molar-refractivity contribution in [2.75, 3.05) is 19.5 Å². The molecule has 0 radical (unpaired) electrons. The second kappa shape index (κ2) is 7.39. The predicted molar refractivity (Wildman–Crippen MR) is 78.5 cm³/mol. The van der Waals surface area contributed by atoms with E-state index < -0.39 is 5.97 Å².